The van der Waals surface area contributed by atoms with E-state index in [4.69, 9.17) is 11.6 Å². The number of hydrogen-bond acceptors (Lipinski definition) is 4. The summed E-state index contributed by atoms with van der Waals surface area (Å²) in [6, 6.07) is 3.49. The predicted octanol–water partition coefficient (Wildman–Crippen LogP) is 2.41. The molecule has 0 spiro atoms. The number of rotatable bonds is 4. The number of halogens is 1. The van der Waals surface area contributed by atoms with Crippen LogP contribution in [-0.2, 0) is 6.54 Å². The summed E-state index contributed by atoms with van der Waals surface area (Å²) in [6.07, 6.45) is 4.95. The van der Waals surface area contributed by atoms with Gasteiger partial charge in [0.15, 0.2) is 0 Å². The second-order valence-electron chi connectivity index (χ2n) is 4.29. The molecule has 0 fully saturated rings. The number of carbonyl (C=O) groups excluding carboxylic acids is 1. The summed E-state index contributed by atoms with van der Waals surface area (Å²) in [7, 11) is 1.72. The molecular weight excluding hydrogens is 276 g/mol. The molecule has 2 aromatic rings. The molecule has 104 valence electrons. The first kappa shape index (κ1) is 14.3. The third kappa shape index (κ3) is 3.24. The van der Waals surface area contributed by atoms with Gasteiger partial charge in [-0.2, -0.15) is 0 Å². The fourth-order valence-corrected chi connectivity index (χ4v) is 1.97. The van der Waals surface area contributed by atoms with Crippen molar-refractivity contribution < 1.29 is 4.79 Å². The van der Waals surface area contributed by atoms with Gasteiger partial charge in [-0.1, -0.05) is 11.6 Å². The van der Waals surface area contributed by atoms with Crippen molar-refractivity contribution in [1.82, 2.24) is 15.3 Å². The number of nitrogens with one attached hydrogen (secondary N) is 2. The van der Waals surface area contributed by atoms with Crippen LogP contribution in [-0.4, -0.2) is 22.9 Å². The highest BCUT2D eigenvalue weighted by Gasteiger charge is 2.09. The van der Waals surface area contributed by atoms with Crippen LogP contribution in [0.5, 0.6) is 0 Å². The zero-order chi connectivity index (χ0) is 14.5. The van der Waals surface area contributed by atoms with Crippen molar-refractivity contribution >= 4 is 23.3 Å². The van der Waals surface area contributed by atoms with Gasteiger partial charge in [0.25, 0.3) is 5.91 Å². The van der Waals surface area contributed by atoms with Crippen molar-refractivity contribution in [3.63, 3.8) is 0 Å². The Kier molecular flexibility index (Phi) is 4.53. The summed E-state index contributed by atoms with van der Waals surface area (Å²) in [5.74, 6) is 0.330. The molecule has 2 heterocycles. The third-order valence-electron chi connectivity index (χ3n) is 2.93. The highest BCUT2D eigenvalue weighted by Crippen LogP contribution is 2.19. The number of aryl methyl sites for hydroxylation is 1. The summed E-state index contributed by atoms with van der Waals surface area (Å²) in [4.78, 5) is 20.1. The molecule has 0 aromatic carbocycles. The van der Waals surface area contributed by atoms with Gasteiger partial charge in [-0.05, 0) is 30.2 Å². The molecule has 1 amide bonds. The monoisotopic (exact) mass is 290 g/mol. The predicted molar refractivity (Wildman–Crippen MR) is 78.9 cm³/mol. The second-order valence-corrected chi connectivity index (χ2v) is 4.70. The van der Waals surface area contributed by atoms with E-state index in [-0.39, 0.29) is 5.91 Å². The van der Waals surface area contributed by atoms with Crippen LogP contribution in [0.4, 0.5) is 5.82 Å². The molecule has 2 rings (SSSR count). The highest BCUT2D eigenvalue weighted by molar-refractivity contribution is 6.33. The van der Waals surface area contributed by atoms with Crippen molar-refractivity contribution in [3.8, 4) is 0 Å². The van der Waals surface area contributed by atoms with Crippen molar-refractivity contribution in [2.45, 2.75) is 13.5 Å². The van der Waals surface area contributed by atoms with Gasteiger partial charge < -0.3 is 10.6 Å². The first-order valence-corrected chi connectivity index (χ1v) is 6.50. The van der Waals surface area contributed by atoms with Crippen molar-refractivity contribution in [1.29, 1.82) is 0 Å². The van der Waals surface area contributed by atoms with E-state index in [0.717, 1.165) is 11.1 Å². The minimum absolute atomic E-state index is 0.217. The second kappa shape index (κ2) is 6.34. The number of anilines is 1. The fourth-order valence-electron chi connectivity index (χ4n) is 1.71. The lowest BCUT2D eigenvalue weighted by molar-refractivity contribution is 0.0950. The van der Waals surface area contributed by atoms with E-state index < -0.39 is 0 Å². The van der Waals surface area contributed by atoms with Crippen molar-refractivity contribution in [3.05, 3.63) is 52.4 Å². The molecule has 0 aliphatic rings. The van der Waals surface area contributed by atoms with Crippen LogP contribution >= 0.6 is 11.6 Å². The summed E-state index contributed by atoms with van der Waals surface area (Å²) in [6.45, 7) is 2.40. The zero-order valence-corrected chi connectivity index (χ0v) is 12.0. The van der Waals surface area contributed by atoms with Crippen LogP contribution in [0.25, 0.3) is 0 Å². The summed E-state index contributed by atoms with van der Waals surface area (Å²) in [5.41, 5.74) is 2.49. The number of aromatic nitrogens is 2. The Hall–Kier alpha value is -2.14. The fraction of sp³-hybridized carbons (Fsp3) is 0.214. The Morgan fingerprint density at radius 1 is 1.40 bits per heavy atom. The molecule has 0 unspecified atom stereocenters. The Bertz CT molecular complexity index is 630. The SMILES string of the molecule is CNc1ncc(C(=O)NCc2cnccc2C)cc1Cl. The van der Waals surface area contributed by atoms with Gasteiger partial charge in [0.2, 0.25) is 0 Å². The molecule has 0 aliphatic heterocycles. The van der Waals surface area contributed by atoms with Gasteiger partial charge in [0.1, 0.15) is 5.82 Å². The maximum Gasteiger partial charge on any atom is 0.253 e. The zero-order valence-electron chi connectivity index (χ0n) is 11.3. The van der Waals surface area contributed by atoms with E-state index in [2.05, 4.69) is 20.6 Å². The van der Waals surface area contributed by atoms with E-state index in [1.165, 1.54) is 6.20 Å². The van der Waals surface area contributed by atoms with E-state index in [0.29, 0.717) is 22.9 Å². The molecule has 2 N–H and O–H groups in total. The smallest absolute Gasteiger partial charge is 0.253 e. The van der Waals surface area contributed by atoms with Gasteiger partial charge in [0, 0.05) is 32.2 Å². The van der Waals surface area contributed by atoms with Crippen LogP contribution < -0.4 is 10.6 Å². The number of hydrogen-bond donors (Lipinski definition) is 2. The van der Waals surface area contributed by atoms with Crippen LogP contribution in [0.1, 0.15) is 21.5 Å². The normalized spacial score (nSPS) is 10.2. The molecule has 20 heavy (non-hydrogen) atoms. The number of pyridine rings is 2. The summed E-state index contributed by atoms with van der Waals surface area (Å²) < 4.78 is 0. The largest absolute Gasteiger partial charge is 0.372 e. The molecule has 5 nitrogen and oxygen atoms in total. The van der Waals surface area contributed by atoms with Crippen LogP contribution in [0.15, 0.2) is 30.7 Å². The Balaban J connectivity index is 2.05. The van der Waals surface area contributed by atoms with Crippen LogP contribution in [0, 0.1) is 6.92 Å². The summed E-state index contributed by atoms with van der Waals surface area (Å²) in [5, 5.41) is 6.08. The molecule has 2 aromatic heterocycles. The van der Waals surface area contributed by atoms with E-state index in [9.17, 15) is 4.79 Å². The van der Waals surface area contributed by atoms with E-state index in [1.54, 1.807) is 25.5 Å². The summed E-state index contributed by atoms with van der Waals surface area (Å²) >= 11 is 6.00. The number of carbonyl (C=O) groups is 1. The molecule has 0 saturated carbocycles. The van der Waals surface area contributed by atoms with E-state index in [1.807, 2.05) is 13.0 Å². The van der Waals surface area contributed by atoms with Gasteiger partial charge in [-0.3, -0.25) is 9.78 Å². The minimum Gasteiger partial charge on any atom is -0.372 e. The highest BCUT2D eigenvalue weighted by atomic mass is 35.5. The molecule has 0 saturated heterocycles. The van der Waals surface area contributed by atoms with Gasteiger partial charge in [-0.15, -0.1) is 0 Å². The maximum absolute atomic E-state index is 12.0. The lowest BCUT2D eigenvalue weighted by Crippen LogP contribution is -2.23. The Morgan fingerprint density at radius 2 is 2.20 bits per heavy atom. The van der Waals surface area contributed by atoms with E-state index >= 15 is 0 Å². The molecule has 0 bridgehead atoms. The molecule has 0 radical (unpaired) electrons. The van der Waals surface area contributed by atoms with Crippen molar-refractivity contribution in [2.24, 2.45) is 0 Å². The van der Waals surface area contributed by atoms with Crippen molar-refractivity contribution in [2.75, 3.05) is 12.4 Å². The van der Waals surface area contributed by atoms with Crippen LogP contribution in [0.3, 0.4) is 0 Å². The Labute approximate surface area is 122 Å². The minimum atomic E-state index is -0.217. The van der Waals surface area contributed by atoms with Crippen LogP contribution in [0.2, 0.25) is 5.02 Å². The number of amides is 1. The standard InChI is InChI=1S/C14H15ClN4O/c1-9-3-4-17-6-11(9)8-19-14(20)10-5-12(15)13(16-2)18-7-10/h3-7H,8H2,1-2H3,(H,16,18)(H,19,20). The third-order valence-corrected chi connectivity index (χ3v) is 3.22. The first-order valence-electron chi connectivity index (χ1n) is 6.13. The molecular formula is C14H15ClN4O. The Morgan fingerprint density at radius 3 is 2.85 bits per heavy atom. The van der Waals surface area contributed by atoms with Gasteiger partial charge >= 0.3 is 0 Å². The topological polar surface area (TPSA) is 66.9 Å². The number of nitrogens with zero attached hydrogens (tertiary/aromatic N) is 2. The quantitative estimate of drug-likeness (QED) is 0.907. The first-order chi connectivity index (χ1) is 9.61. The molecule has 0 aliphatic carbocycles. The molecule has 6 heteroatoms. The van der Waals surface area contributed by atoms with Gasteiger partial charge in [0.05, 0.1) is 10.6 Å². The average Bonchev–Trinajstić information content (AvgIpc) is 2.46. The maximum atomic E-state index is 12.0. The average molecular weight is 291 g/mol. The molecule has 0 atom stereocenters. The lowest BCUT2D eigenvalue weighted by atomic mass is 10.1. The lowest BCUT2D eigenvalue weighted by Gasteiger charge is -2.08. The van der Waals surface area contributed by atoms with Gasteiger partial charge in [-0.25, -0.2) is 4.98 Å².